The lowest BCUT2D eigenvalue weighted by Gasteiger charge is -2.17. The molecule has 0 saturated carbocycles. The molecule has 0 spiro atoms. The summed E-state index contributed by atoms with van der Waals surface area (Å²) in [6.45, 7) is 4.17. The Labute approximate surface area is 95.9 Å². The Morgan fingerprint density at radius 3 is 2.73 bits per heavy atom. The highest BCUT2D eigenvalue weighted by molar-refractivity contribution is 7.99. The first-order chi connectivity index (χ1) is 7.13. The molecule has 0 aliphatic carbocycles. The molecule has 3 heteroatoms. The summed E-state index contributed by atoms with van der Waals surface area (Å²) in [5.41, 5.74) is 8.32. The van der Waals surface area contributed by atoms with Gasteiger partial charge < -0.3 is 10.8 Å². The highest BCUT2D eigenvalue weighted by atomic mass is 32.2. The summed E-state index contributed by atoms with van der Waals surface area (Å²) in [6, 6.07) is 8.46. The summed E-state index contributed by atoms with van der Waals surface area (Å²) in [4.78, 5) is 0. The van der Waals surface area contributed by atoms with Crippen LogP contribution in [0.4, 0.5) is 0 Å². The molecule has 1 rings (SSSR count). The quantitative estimate of drug-likeness (QED) is 0.805. The van der Waals surface area contributed by atoms with E-state index in [0.29, 0.717) is 0 Å². The molecule has 0 bridgehead atoms. The van der Waals surface area contributed by atoms with Crippen molar-refractivity contribution in [2.75, 3.05) is 6.61 Å². The Kier molecular flexibility index (Phi) is 5.15. The predicted molar refractivity (Wildman–Crippen MR) is 67.0 cm³/mol. The molecule has 0 aliphatic heterocycles. The van der Waals surface area contributed by atoms with E-state index >= 15 is 0 Å². The van der Waals surface area contributed by atoms with Crippen molar-refractivity contribution in [3.8, 4) is 0 Å². The molecule has 2 nitrogen and oxygen atoms in total. The molecular formula is C12H19NOS. The lowest BCUT2D eigenvalue weighted by atomic mass is 10.2. The number of aliphatic hydroxyl groups is 1. The van der Waals surface area contributed by atoms with Crippen molar-refractivity contribution in [2.45, 2.75) is 30.9 Å². The molecule has 0 radical (unpaired) electrons. The van der Waals surface area contributed by atoms with Crippen molar-refractivity contribution in [3.63, 3.8) is 0 Å². The normalized spacial score (nSPS) is 14.9. The zero-order valence-corrected chi connectivity index (χ0v) is 10.1. The molecule has 1 aromatic carbocycles. The number of hydrogen-bond acceptors (Lipinski definition) is 3. The van der Waals surface area contributed by atoms with E-state index in [1.807, 2.05) is 6.92 Å². The number of thioether (sulfide) groups is 1. The Hall–Kier alpha value is -0.510. The topological polar surface area (TPSA) is 46.2 Å². The number of rotatable bonds is 5. The standard InChI is InChI=1S/C12H19NOS/c1-9-4-3-5-11(6-9)8-15-12(7-14)10(2)13/h3-6,10,12,14H,7-8,13H2,1-2H3. The second-order valence-electron chi connectivity index (χ2n) is 3.88. The molecule has 0 aromatic heterocycles. The molecule has 2 atom stereocenters. The number of benzene rings is 1. The van der Waals surface area contributed by atoms with E-state index in [-0.39, 0.29) is 17.9 Å². The fraction of sp³-hybridized carbons (Fsp3) is 0.500. The van der Waals surface area contributed by atoms with Gasteiger partial charge in [0.15, 0.2) is 0 Å². The van der Waals surface area contributed by atoms with Crippen molar-refractivity contribution in [3.05, 3.63) is 35.4 Å². The van der Waals surface area contributed by atoms with Crippen LogP contribution in [-0.2, 0) is 5.75 Å². The lowest BCUT2D eigenvalue weighted by Crippen LogP contribution is -2.31. The van der Waals surface area contributed by atoms with Crippen LogP contribution in [0.15, 0.2) is 24.3 Å². The van der Waals surface area contributed by atoms with E-state index in [2.05, 4.69) is 31.2 Å². The van der Waals surface area contributed by atoms with Crippen LogP contribution in [0.5, 0.6) is 0 Å². The summed E-state index contributed by atoms with van der Waals surface area (Å²) < 4.78 is 0. The highest BCUT2D eigenvalue weighted by Crippen LogP contribution is 2.19. The number of aliphatic hydroxyl groups excluding tert-OH is 1. The molecule has 1 aromatic rings. The van der Waals surface area contributed by atoms with Crippen LogP contribution in [0, 0.1) is 6.92 Å². The zero-order valence-electron chi connectivity index (χ0n) is 9.31. The SMILES string of the molecule is Cc1cccc(CSC(CO)C(C)N)c1. The molecule has 0 saturated heterocycles. The third kappa shape index (κ3) is 4.24. The fourth-order valence-electron chi connectivity index (χ4n) is 1.38. The summed E-state index contributed by atoms with van der Waals surface area (Å²) in [7, 11) is 0. The molecule has 0 heterocycles. The van der Waals surface area contributed by atoms with Gasteiger partial charge in [0, 0.05) is 17.0 Å². The Morgan fingerprint density at radius 2 is 2.20 bits per heavy atom. The number of hydrogen-bond donors (Lipinski definition) is 2. The third-order valence-corrected chi connectivity index (χ3v) is 3.82. The maximum Gasteiger partial charge on any atom is 0.0565 e. The maximum absolute atomic E-state index is 9.13. The first-order valence-corrected chi connectivity index (χ1v) is 6.22. The summed E-state index contributed by atoms with van der Waals surface area (Å²) in [5.74, 6) is 0.911. The van der Waals surface area contributed by atoms with Gasteiger partial charge in [-0.2, -0.15) is 0 Å². The number of aryl methyl sites for hydroxylation is 1. The smallest absolute Gasteiger partial charge is 0.0565 e. The van der Waals surface area contributed by atoms with Gasteiger partial charge in [0.05, 0.1) is 6.61 Å². The minimum absolute atomic E-state index is 0.0322. The third-order valence-electron chi connectivity index (χ3n) is 2.31. The fourth-order valence-corrected chi connectivity index (χ4v) is 2.37. The van der Waals surface area contributed by atoms with Crippen LogP contribution >= 0.6 is 11.8 Å². The van der Waals surface area contributed by atoms with E-state index in [9.17, 15) is 0 Å². The summed E-state index contributed by atoms with van der Waals surface area (Å²) >= 11 is 1.72. The van der Waals surface area contributed by atoms with Gasteiger partial charge in [-0.1, -0.05) is 29.8 Å². The van der Waals surface area contributed by atoms with Gasteiger partial charge in [0.2, 0.25) is 0 Å². The minimum atomic E-state index is 0.0322. The van der Waals surface area contributed by atoms with Crippen LogP contribution in [-0.4, -0.2) is 23.0 Å². The van der Waals surface area contributed by atoms with E-state index in [1.165, 1.54) is 11.1 Å². The van der Waals surface area contributed by atoms with Gasteiger partial charge >= 0.3 is 0 Å². The van der Waals surface area contributed by atoms with Gasteiger partial charge in [-0.15, -0.1) is 11.8 Å². The summed E-state index contributed by atoms with van der Waals surface area (Å²) in [6.07, 6.45) is 0. The Morgan fingerprint density at radius 1 is 1.47 bits per heavy atom. The van der Waals surface area contributed by atoms with Gasteiger partial charge in [-0.05, 0) is 19.4 Å². The van der Waals surface area contributed by atoms with Crippen LogP contribution in [0.2, 0.25) is 0 Å². The highest BCUT2D eigenvalue weighted by Gasteiger charge is 2.12. The van der Waals surface area contributed by atoms with Crippen molar-refractivity contribution in [2.24, 2.45) is 5.73 Å². The minimum Gasteiger partial charge on any atom is -0.395 e. The van der Waals surface area contributed by atoms with Crippen molar-refractivity contribution in [1.82, 2.24) is 0 Å². The van der Waals surface area contributed by atoms with Crippen LogP contribution in [0.3, 0.4) is 0 Å². The molecule has 3 N–H and O–H groups in total. The average molecular weight is 225 g/mol. The van der Waals surface area contributed by atoms with E-state index < -0.39 is 0 Å². The number of nitrogens with two attached hydrogens (primary N) is 1. The first-order valence-electron chi connectivity index (χ1n) is 5.17. The Balaban J connectivity index is 2.49. The van der Waals surface area contributed by atoms with Gasteiger partial charge in [-0.3, -0.25) is 0 Å². The second-order valence-corrected chi connectivity index (χ2v) is 5.11. The zero-order chi connectivity index (χ0) is 11.3. The molecular weight excluding hydrogens is 206 g/mol. The average Bonchev–Trinajstić information content (AvgIpc) is 2.18. The van der Waals surface area contributed by atoms with Crippen LogP contribution in [0.25, 0.3) is 0 Å². The van der Waals surface area contributed by atoms with Crippen LogP contribution < -0.4 is 5.73 Å². The van der Waals surface area contributed by atoms with E-state index in [1.54, 1.807) is 11.8 Å². The monoisotopic (exact) mass is 225 g/mol. The largest absolute Gasteiger partial charge is 0.395 e. The van der Waals surface area contributed by atoms with Gasteiger partial charge in [0.1, 0.15) is 0 Å². The molecule has 2 unspecified atom stereocenters. The predicted octanol–water partition coefficient (Wildman–Crippen LogP) is 1.94. The molecule has 0 amide bonds. The molecule has 15 heavy (non-hydrogen) atoms. The lowest BCUT2D eigenvalue weighted by molar-refractivity contribution is 0.285. The molecule has 84 valence electrons. The second kappa shape index (κ2) is 6.16. The van der Waals surface area contributed by atoms with E-state index in [0.717, 1.165) is 5.75 Å². The molecule has 0 fully saturated rings. The summed E-state index contributed by atoms with van der Waals surface area (Å²) in [5, 5.41) is 9.26. The van der Waals surface area contributed by atoms with Gasteiger partial charge in [0.25, 0.3) is 0 Å². The van der Waals surface area contributed by atoms with Crippen LogP contribution in [0.1, 0.15) is 18.1 Å². The van der Waals surface area contributed by atoms with E-state index in [4.69, 9.17) is 10.8 Å². The van der Waals surface area contributed by atoms with Gasteiger partial charge in [-0.25, -0.2) is 0 Å². The van der Waals surface area contributed by atoms with Crippen molar-refractivity contribution >= 4 is 11.8 Å². The Bertz CT molecular complexity index is 301. The van der Waals surface area contributed by atoms with Crippen molar-refractivity contribution < 1.29 is 5.11 Å². The van der Waals surface area contributed by atoms with Crippen molar-refractivity contribution in [1.29, 1.82) is 0 Å². The first kappa shape index (κ1) is 12.6. The maximum atomic E-state index is 9.13. The molecule has 0 aliphatic rings.